The number of ether oxygens (including phenoxy) is 2. The molecule has 0 aliphatic carbocycles. The molecular weight excluding hydrogens is 444 g/mol. The number of fused-ring (bicyclic) bond motifs is 1. The third-order valence-electron chi connectivity index (χ3n) is 3.93. The van der Waals surface area contributed by atoms with Crippen LogP contribution in [0.5, 0.6) is 17.2 Å². The molecule has 4 nitrogen and oxygen atoms in total. The first-order chi connectivity index (χ1) is 13.0. The zero-order chi connectivity index (χ0) is 20.8. The van der Waals surface area contributed by atoms with Crippen molar-refractivity contribution in [1.82, 2.24) is 0 Å². The van der Waals surface area contributed by atoms with Gasteiger partial charge < -0.3 is 14.6 Å². The van der Waals surface area contributed by atoms with E-state index < -0.39 is 23.8 Å². The molecule has 0 bridgehead atoms. The van der Waals surface area contributed by atoms with Crippen molar-refractivity contribution in [1.29, 1.82) is 0 Å². The maximum atomic E-state index is 13.2. The minimum atomic E-state index is -4.92. The summed E-state index contributed by atoms with van der Waals surface area (Å²) in [7, 11) is 0. The van der Waals surface area contributed by atoms with Gasteiger partial charge >= 0.3 is 12.1 Å². The van der Waals surface area contributed by atoms with Crippen LogP contribution in [0.2, 0.25) is 15.1 Å². The molecule has 0 saturated carbocycles. The Morgan fingerprint density at radius 2 is 1.71 bits per heavy atom. The molecule has 1 atom stereocenters. The minimum Gasteiger partial charge on any atom is -0.478 e. The van der Waals surface area contributed by atoms with Crippen LogP contribution in [0, 0.1) is 6.92 Å². The topological polar surface area (TPSA) is 55.8 Å². The smallest absolute Gasteiger partial charge is 0.430 e. The first-order valence-corrected chi connectivity index (χ1v) is 8.76. The van der Waals surface area contributed by atoms with Crippen molar-refractivity contribution in [3.05, 3.63) is 56.0 Å². The lowest BCUT2D eigenvalue weighted by molar-refractivity contribution is -0.187. The maximum absolute atomic E-state index is 13.2. The standard InChI is InChI=1S/C18H10Cl3F3O4/c1-7-11(19)4-9(5-12(7)20)27-15-6-14-8(3-13(15)21)2-10(17(25)26)16(28-14)18(22,23)24/h2-6,16H,1H3,(H,25,26)/t16-/m0/s1. The van der Waals surface area contributed by atoms with E-state index in [-0.39, 0.29) is 27.8 Å². The molecule has 1 N–H and O–H groups in total. The van der Waals surface area contributed by atoms with Gasteiger partial charge in [0.2, 0.25) is 6.10 Å². The van der Waals surface area contributed by atoms with Crippen molar-refractivity contribution in [3.63, 3.8) is 0 Å². The zero-order valence-corrected chi connectivity index (χ0v) is 16.2. The van der Waals surface area contributed by atoms with Crippen LogP contribution in [-0.2, 0) is 4.79 Å². The lowest BCUT2D eigenvalue weighted by atomic mass is 10.0. The van der Waals surface area contributed by atoms with Crippen LogP contribution in [0.25, 0.3) is 6.08 Å². The Kier molecular flexibility index (Phi) is 5.44. The molecule has 0 amide bonds. The van der Waals surface area contributed by atoms with Gasteiger partial charge in [0, 0.05) is 21.7 Å². The van der Waals surface area contributed by atoms with Crippen molar-refractivity contribution in [2.24, 2.45) is 0 Å². The number of hydrogen-bond acceptors (Lipinski definition) is 3. The van der Waals surface area contributed by atoms with E-state index in [0.29, 0.717) is 15.6 Å². The fourth-order valence-electron chi connectivity index (χ4n) is 2.50. The monoisotopic (exact) mass is 452 g/mol. The number of benzene rings is 2. The van der Waals surface area contributed by atoms with Crippen molar-refractivity contribution in [3.8, 4) is 17.2 Å². The van der Waals surface area contributed by atoms with E-state index in [1.165, 1.54) is 18.2 Å². The molecule has 2 aromatic rings. The van der Waals surface area contributed by atoms with Crippen LogP contribution in [0.4, 0.5) is 13.2 Å². The van der Waals surface area contributed by atoms with Crippen molar-refractivity contribution < 1.29 is 32.5 Å². The third-order valence-corrected chi connectivity index (χ3v) is 5.01. The Morgan fingerprint density at radius 1 is 1.11 bits per heavy atom. The molecule has 0 unspecified atom stereocenters. The summed E-state index contributed by atoms with van der Waals surface area (Å²) in [6.45, 7) is 1.71. The van der Waals surface area contributed by atoms with E-state index in [1.54, 1.807) is 6.92 Å². The van der Waals surface area contributed by atoms with Gasteiger partial charge in [-0.15, -0.1) is 0 Å². The second-order valence-electron chi connectivity index (χ2n) is 5.88. The minimum absolute atomic E-state index is 0.00972. The van der Waals surface area contributed by atoms with E-state index >= 15 is 0 Å². The van der Waals surface area contributed by atoms with E-state index in [9.17, 15) is 18.0 Å². The van der Waals surface area contributed by atoms with E-state index in [1.807, 2.05) is 0 Å². The summed E-state index contributed by atoms with van der Waals surface area (Å²) in [5.74, 6) is -1.76. The highest BCUT2D eigenvalue weighted by Gasteiger charge is 2.48. The molecule has 0 radical (unpaired) electrons. The lowest BCUT2D eigenvalue weighted by Gasteiger charge is -2.27. The van der Waals surface area contributed by atoms with Gasteiger partial charge in [-0.2, -0.15) is 13.2 Å². The number of alkyl halides is 3. The Labute approximate surface area is 172 Å². The van der Waals surface area contributed by atoms with Crippen LogP contribution in [0.1, 0.15) is 11.1 Å². The Bertz CT molecular complexity index is 979. The number of hydrogen-bond donors (Lipinski definition) is 1. The van der Waals surface area contributed by atoms with Gasteiger partial charge in [0.1, 0.15) is 17.2 Å². The molecule has 1 aliphatic rings. The second-order valence-corrected chi connectivity index (χ2v) is 7.10. The number of halogens is 6. The van der Waals surface area contributed by atoms with Gasteiger partial charge in [0.15, 0.2) is 0 Å². The molecule has 0 aromatic heterocycles. The van der Waals surface area contributed by atoms with Crippen LogP contribution < -0.4 is 9.47 Å². The molecule has 0 spiro atoms. The SMILES string of the molecule is Cc1c(Cl)cc(Oc2cc3c(cc2Cl)C=C(C(=O)O)[C@@H](C(F)(F)F)O3)cc1Cl. The Balaban J connectivity index is 2.02. The Hall–Kier alpha value is -2.09. The van der Waals surface area contributed by atoms with Crippen LogP contribution in [0.15, 0.2) is 29.8 Å². The van der Waals surface area contributed by atoms with Crippen molar-refractivity contribution in [2.75, 3.05) is 0 Å². The van der Waals surface area contributed by atoms with Crippen LogP contribution in [0.3, 0.4) is 0 Å². The average molecular weight is 454 g/mol. The van der Waals surface area contributed by atoms with Gasteiger partial charge in [-0.1, -0.05) is 34.8 Å². The Morgan fingerprint density at radius 3 is 2.25 bits per heavy atom. The molecule has 0 fully saturated rings. The number of aliphatic carboxylic acids is 1. The van der Waals surface area contributed by atoms with E-state index in [0.717, 1.165) is 12.1 Å². The summed E-state index contributed by atoms with van der Waals surface area (Å²) >= 11 is 18.2. The average Bonchev–Trinajstić information content (AvgIpc) is 2.58. The molecule has 148 valence electrons. The first kappa shape index (κ1) is 20.6. The highest BCUT2D eigenvalue weighted by atomic mass is 35.5. The van der Waals surface area contributed by atoms with Crippen LogP contribution >= 0.6 is 34.8 Å². The summed E-state index contributed by atoms with van der Waals surface area (Å²) in [6, 6.07) is 5.34. The quantitative estimate of drug-likeness (QED) is 0.573. The molecule has 28 heavy (non-hydrogen) atoms. The molecule has 2 aromatic carbocycles. The zero-order valence-electron chi connectivity index (χ0n) is 13.9. The summed E-state index contributed by atoms with van der Waals surface area (Å²) in [4.78, 5) is 11.2. The largest absolute Gasteiger partial charge is 0.478 e. The van der Waals surface area contributed by atoms with Crippen molar-refractivity contribution in [2.45, 2.75) is 19.2 Å². The maximum Gasteiger partial charge on any atom is 0.430 e. The van der Waals surface area contributed by atoms with Gasteiger partial charge in [0.25, 0.3) is 0 Å². The van der Waals surface area contributed by atoms with Gasteiger partial charge in [0.05, 0.1) is 10.6 Å². The molecular formula is C18H10Cl3F3O4. The highest BCUT2D eigenvalue weighted by molar-refractivity contribution is 6.36. The molecule has 1 heterocycles. The first-order valence-electron chi connectivity index (χ1n) is 7.62. The molecule has 1 aliphatic heterocycles. The fraction of sp³-hybridized carbons (Fsp3) is 0.167. The fourth-order valence-corrected chi connectivity index (χ4v) is 3.18. The van der Waals surface area contributed by atoms with Crippen molar-refractivity contribution >= 4 is 46.8 Å². The van der Waals surface area contributed by atoms with E-state index in [4.69, 9.17) is 49.4 Å². The van der Waals surface area contributed by atoms with E-state index in [2.05, 4.69) is 0 Å². The number of carboxylic acid groups (broad SMARTS) is 1. The van der Waals surface area contributed by atoms with Gasteiger partial charge in [-0.25, -0.2) is 4.79 Å². The predicted octanol–water partition coefficient (Wildman–Crippen LogP) is 6.54. The highest BCUT2D eigenvalue weighted by Crippen LogP contribution is 2.43. The third kappa shape index (κ3) is 4.01. The predicted molar refractivity (Wildman–Crippen MR) is 98.8 cm³/mol. The summed E-state index contributed by atoms with van der Waals surface area (Å²) < 4.78 is 50.0. The van der Waals surface area contributed by atoms with Gasteiger partial charge in [-0.3, -0.25) is 0 Å². The number of carbonyl (C=O) groups is 1. The lowest BCUT2D eigenvalue weighted by Crippen LogP contribution is -2.40. The van der Waals surface area contributed by atoms with Gasteiger partial charge in [-0.05, 0) is 36.8 Å². The number of carboxylic acids is 1. The molecule has 10 heteroatoms. The molecule has 0 saturated heterocycles. The summed E-state index contributed by atoms with van der Waals surface area (Å²) in [5, 5.41) is 9.75. The second kappa shape index (κ2) is 7.39. The number of rotatable bonds is 3. The summed E-state index contributed by atoms with van der Waals surface area (Å²) in [6.07, 6.45) is -6.66. The molecule has 3 rings (SSSR count). The summed E-state index contributed by atoms with van der Waals surface area (Å²) in [5.41, 5.74) is -0.230. The van der Waals surface area contributed by atoms with Crippen LogP contribution in [-0.4, -0.2) is 23.4 Å². The normalized spacial score (nSPS) is 16.1.